The van der Waals surface area contributed by atoms with E-state index < -0.39 is 39.4 Å². The van der Waals surface area contributed by atoms with Gasteiger partial charge in [0.25, 0.3) is 0 Å². The lowest BCUT2D eigenvalue weighted by Crippen LogP contribution is -2.57. The highest BCUT2D eigenvalue weighted by atomic mass is 79.9. The summed E-state index contributed by atoms with van der Waals surface area (Å²) < 4.78 is 6.42. The van der Waals surface area contributed by atoms with Crippen LogP contribution >= 0.6 is 39.1 Å². The standard InChI is InChI=1S/C32H20BrCl2NO4/c33-20-14-12-18(13-15-20)17-40-30(39)19-6-5-7-21(16-19)36-28(37)26-27(29(36)38)32(35)23-9-2-1-8-22(23)31(26,34)24-10-3-4-11-25(24)32/h1-16,26-27H,17H2/t26-,27-,31?,32?/m0/s1. The molecule has 198 valence electrons. The molecule has 0 aromatic heterocycles. The van der Waals surface area contributed by atoms with E-state index in [-0.39, 0.29) is 17.9 Å². The van der Waals surface area contributed by atoms with Crippen LogP contribution in [0.15, 0.2) is 102 Å². The highest BCUT2D eigenvalue weighted by Gasteiger charge is 2.73. The summed E-state index contributed by atoms with van der Waals surface area (Å²) in [6.45, 7) is 0.0854. The number of alkyl halides is 2. The number of imide groups is 1. The van der Waals surface area contributed by atoms with Crippen molar-refractivity contribution >= 4 is 62.6 Å². The van der Waals surface area contributed by atoms with E-state index >= 15 is 0 Å². The van der Waals surface area contributed by atoms with E-state index in [9.17, 15) is 14.4 Å². The van der Waals surface area contributed by atoms with Crippen LogP contribution in [0.3, 0.4) is 0 Å². The molecule has 1 saturated heterocycles. The summed E-state index contributed by atoms with van der Waals surface area (Å²) in [7, 11) is 0. The quantitative estimate of drug-likeness (QED) is 0.139. The van der Waals surface area contributed by atoms with Crippen molar-refractivity contribution in [2.75, 3.05) is 4.90 Å². The molecular weight excluding hydrogens is 613 g/mol. The molecule has 1 aliphatic heterocycles. The Bertz CT molecular complexity index is 1620. The fourth-order valence-electron chi connectivity index (χ4n) is 6.51. The fraction of sp³-hybridized carbons (Fsp3) is 0.156. The molecule has 4 aromatic rings. The predicted molar refractivity (Wildman–Crippen MR) is 155 cm³/mol. The number of amides is 2. The number of anilines is 1. The molecule has 5 nitrogen and oxygen atoms in total. The first-order chi connectivity index (χ1) is 19.3. The SMILES string of the molecule is O=C(OCc1ccc(Br)cc1)c1cccc(N2C(=O)[C@@H]3[C@@H](C2=O)C2(Cl)c4ccccc4C3(Cl)c3ccccc32)c1. The molecule has 0 spiro atoms. The summed E-state index contributed by atoms with van der Waals surface area (Å²) in [6, 6.07) is 28.8. The topological polar surface area (TPSA) is 63.7 Å². The normalized spacial score (nSPS) is 25.8. The molecule has 2 bridgehead atoms. The van der Waals surface area contributed by atoms with E-state index in [2.05, 4.69) is 15.9 Å². The van der Waals surface area contributed by atoms with Crippen LogP contribution in [0.4, 0.5) is 5.69 Å². The molecule has 8 heteroatoms. The second-order valence-corrected chi connectivity index (χ2v) is 12.3. The van der Waals surface area contributed by atoms with Gasteiger partial charge in [-0.2, -0.15) is 0 Å². The second kappa shape index (κ2) is 9.03. The van der Waals surface area contributed by atoms with Gasteiger partial charge in [-0.05, 0) is 58.1 Å². The zero-order valence-corrected chi connectivity index (χ0v) is 23.9. The Morgan fingerprint density at radius 1 is 0.750 bits per heavy atom. The van der Waals surface area contributed by atoms with E-state index in [1.54, 1.807) is 18.2 Å². The van der Waals surface area contributed by atoms with Crippen LogP contribution in [0.1, 0.15) is 38.2 Å². The van der Waals surface area contributed by atoms with Crippen molar-refractivity contribution in [1.82, 2.24) is 0 Å². The van der Waals surface area contributed by atoms with Crippen molar-refractivity contribution in [3.05, 3.63) is 135 Å². The monoisotopic (exact) mass is 631 g/mol. The molecule has 40 heavy (non-hydrogen) atoms. The molecular formula is C32H20BrCl2NO4. The molecule has 0 unspecified atom stereocenters. The lowest BCUT2D eigenvalue weighted by atomic mass is 9.54. The minimum Gasteiger partial charge on any atom is -0.457 e. The van der Waals surface area contributed by atoms with Crippen LogP contribution in [0.5, 0.6) is 0 Å². The van der Waals surface area contributed by atoms with Crippen molar-refractivity contribution in [2.45, 2.75) is 16.4 Å². The molecule has 0 saturated carbocycles. The van der Waals surface area contributed by atoms with Crippen molar-refractivity contribution in [3.63, 3.8) is 0 Å². The maximum atomic E-state index is 14.2. The first-order valence-corrected chi connectivity index (χ1v) is 14.3. The van der Waals surface area contributed by atoms with Gasteiger partial charge in [-0.3, -0.25) is 9.59 Å². The van der Waals surface area contributed by atoms with Crippen LogP contribution in [0.2, 0.25) is 0 Å². The summed E-state index contributed by atoms with van der Waals surface area (Å²) in [5.41, 5.74) is 4.27. The Morgan fingerprint density at radius 2 is 1.25 bits per heavy atom. The minimum absolute atomic E-state index is 0.0854. The third-order valence-electron chi connectivity index (χ3n) is 8.21. The van der Waals surface area contributed by atoms with Crippen LogP contribution in [0, 0.1) is 11.8 Å². The van der Waals surface area contributed by atoms with Crippen molar-refractivity contribution < 1.29 is 19.1 Å². The Labute approximate surface area is 248 Å². The lowest BCUT2D eigenvalue weighted by Gasteiger charge is -2.54. The number of esters is 1. The first-order valence-electron chi connectivity index (χ1n) is 12.7. The maximum Gasteiger partial charge on any atom is 0.338 e. The van der Waals surface area contributed by atoms with Gasteiger partial charge in [0.2, 0.25) is 11.8 Å². The van der Waals surface area contributed by atoms with Crippen LogP contribution < -0.4 is 4.90 Å². The van der Waals surface area contributed by atoms with Crippen LogP contribution in [-0.4, -0.2) is 17.8 Å². The van der Waals surface area contributed by atoms with Gasteiger partial charge < -0.3 is 4.74 Å². The summed E-state index contributed by atoms with van der Waals surface area (Å²) >= 11 is 18.4. The average molecular weight is 633 g/mol. The van der Waals surface area contributed by atoms with Gasteiger partial charge in [0, 0.05) is 4.47 Å². The van der Waals surface area contributed by atoms with Gasteiger partial charge in [-0.25, -0.2) is 9.69 Å². The average Bonchev–Trinajstić information content (AvgIpc) is 3.26. The smallest absolute Gasteiger partial charge is 0.338 e. The van der Waals surface area contributed by atoms with Crippen LogP contribution in [-0.2, 0) is 30.7 Å². The molecule has 0 N–H and O–H groups in total. The number of carbonyl (C=O) groups is 3. The molecule has 3 aliphatic carbocycles. The Kier molecular flexibility index (Phi) is 5.76. The number of rotatable bonds is 4. The van der Waals surface area contributed by atoms with Crippen molar-refractivity contribution in [1.29, 1.82) is 0 Å². The molecule has 8 rings (SSSR count). The third-order valence-corrected chi connectivity index (χ3v) is 10.0. The molecule has 4 aliphatic rings. The third kappa shape index (κ3) is 3.36. The van der Waals surface area contributed by atoms with Crippen molar-refractivity contribution in [2.24, 2.45) is 11.8 Å². The van der Waals surface area contributed by atoms with Gasteiger partial charge in [-0.1, -0.05) is 82.7 Å². The van der Waals surface area contributed by atoms with Crippen molar-refractivity contribution in [3.8, 4) is 0 Å². The van der Waals surface area contributed by atoms with E-state index in [4.69, 9.17) is 27.9 Å². The molecule has 2 atom stereocenters. The van der Waals surface area contributed by atoms with Gasteiger partial charge >= 0.3 is 5.97 Å². The minimum atomic E-state index is -1.27. The van der Waals surface area contributed by atoms with Gasteiger partial charge in [-0.15, -0.1) is 23.2 Å². The Hall–Kier alpha value is -3.45. The Balaban J connectivity index is 1.27. The number of hydrogen-bond acceptors (Lipinski definition) is 4. The number of hydrogen-bond donors (Lipinski definition) is 0. The highest BCUT2D eigenvalue weighted by Crippen LogP contribution is 2.69. The molecule has 4 aromatic carbocycles. The van der Waals surface area contributed by atoms with Gasteiger partial charge in [0.05, 0.1) is 23.1 Å². The van der Waals surface area contributed by atoms with E-state index in [1.807, 2.05) is 72.8 Å². The summed E-state index contributed by atoms with van der Waals surface area (Å²) in [5.74, 6) is -3.29. The molecule has 1 fully saturated rings. The molecule has 1 heterocycles. The largest absolute Gasteiger partial charge is 0.457 e. The number of carbonyl (C=O) groups excluding carboxylic acids is 3. The summed E-state index contributed by atoms with van der Waals surface area (Å²) in [4.78, 5) is 39.9. The summed E-state index contributed by atoms with van der Waals surface area (Å²) in [5, 5.41) is 0. The van der Waals surface area contributed by atoms with Gasteiger partial charge in [0.15, 0.2) is 0 Å². The predicted octanol–water partition coefficient (Wildman–Crippen LogP) is 6.90. The molecule has 0 radical (unpaired) electrons. The zero-order chi connectivity index (χ0) is 27.8. The number of benzene rings is 4. The summed E-state index contributed by atoms with van der Waals surface area (Å²) in [6.07, 6.45) is 0. The maximum absolute atomic E-state index is 14.2. The Morgan fingerprint density at radius 3 is 1.75 bits per heavy atom. The lowest BCUT2D eigenvalue weighted by molar-refractivity contribution is -0.122. The number of ether oxygens (including phenoxy) is 1. The van der Waals surface area contributed by atoms with E-state index in [0.29, 0.717) is 0 Å². The zero-order valence-electron chi connectivity index (χ0n) is 20.8. The van der Waals surface area contributed by atoms with Gasteiger partial charge in [0.1, 0.15) is 16.4 Å². The first kappa shape index (κ1) is 25.5. The molecule has 2 amide bonds. The number of nitrogens with zero attached hydrogens (tertiary/aromatic N) is 1. The second-order valence-electron chi connectivity index (χ2n) is 10.2. The fourth-order valence-corrected chi connectivity index (χ4v) is 7.87. The van der Waals surface area contributed by atoms with E-state index in [1.165, 1.54) is 6.07 Å². The highest BCUT2D eigenvalue weighted by molar-refractivity contribution is 9.10. The van der Waals surface area contributed by atoms with Crippen LogP contribution in [0.25, 0.3) is 0 Å². The van der Waals surface area contributed by atoms with E-state index in [0.717, 1.165) is 37.2 Å². The number of halogens is 3.